The van der Waals surface area contributed by atoms with Crippen molar-refractivity contribution < 1.29 is 72.2 Å². The maximum absolute atomic E-state index is 8.48. The summed E-state index contributed by atoms with van der Waals surface area (Å²) in [4.78, 5) is 1.79. The molecule has 70 valence electrons. The van der Waals surface area contributed by atoms with Crippen LogP contribution in [0.1, 0.15) is 0 Å². The zero-order valence-electron chi connectivity index (χ0n) is 7.48. The number of rotatable bonds is 6. The molecular weight excluding hydrogens is 189 g/mol. The van der Waals surface area contributed by atoms with E-state index in [2.05, 4.69) is 0 Å². The number of aliphatic hydroxyl groups is 3. The third-order valence-electron chi connectivity index (χ3n) is 1.25. The van der Waals surface area contributed by atoms with Crippen molar-refractivity contribution in [2.75, 3.05) is 39.5 Å². The van der Waals surface area contributed by atoms with Gasteiger partial charge in [0.05, 0.1) is 19.8 Å². The van der Waals surface area contributed by atoms with Gasteiger partial charge in [0.25, 0.3) is 0 Å². The van der Waals surface area contributed by atoms with E-state index in [1.807, 2.05) is 0 Å². The first-order chi connectivity index (χ1) is 4.85. The Hall–Kier alpha value is 1.44. The van der Waals surface area contributed by atoms with Gasteiger partial charge in [-0.3, -0.25) is 4.90 Å². The monoisotopic (exact) mass is 205 g/mol. The van der Waals surface area contributed by atoms with Crippen LogP contribution in [0.25, 0.3) is 0 Å². The average molecular weight is 205 g/mol. The Kier molecular flexibility index (Phi) is 23.7. The number of aliphatic hydroxyl groups excluding tert-OH is 3. The molecule has 0 radical (unpaired) electrons. The van der Waals surface area contributed by atoms with Crippen molar-refractivity contribution in [2.24, 2.45) is 0 Å². The minimum atomic E-state index is 0. The van der Waals surface area contributed by atoms with Crippen LogP contribution in [0.4, 0.5) is 0 Å². The first-order valence-corrected chi connectivity index (χ1v) is 3.40. The van der Waals surface area contributed by atoms with Gasteiger partial charge in [-0.25, -0.2) is 0 Å². The summed E-state index contributed by atoms with van der Waals surface area (Å²) in [6.45, 7) is 1.75. The van der Waals surface area contributed by atoms with Crippen LogP contribution in [-0.4, -0.2) is 65.2 Å². The van der Waals surface area contributed by atoms with E-state index < -0.39 is 0 Å². The van der Waals surface area contributed by atoms with Crippen LogP contribution >= 0.6 is 0 Å². The van der Waals surface area contributed by atoms with Crippen molar-refractivity contribution in [3.8, 4) is 0 Å². The molecular formula is C6H16KNO4. The van der Waals surface area contributed by atoms with Gasteiger partial charge in [0, 0.05) is 19.6 Å². The van der Waals surface area contributed by atoms with Crippen LogP contribution < -0.4 is 51.4 Å². The molecule has 0 aromatic heterocycles. The summed E-state index contributed by atoms with van der Waals surface area (Å²) in [5.74, 6) is 0. The molecule has 0 fully saturated rings. The van der Waals surface area contributed by atoms with E-state index in [0.29, 0.717) is 19.6 Å². The molecule has 0 rings (SSSR count). The molecule has 0 bridgehead atoms. The minimum absolute atomic E-state index is 0. The molecule has 0 heterocycles. The number of hydrogen-bond donors (Lipinski definition) is 3. The van der Waals surface area contributed by atoms with E-state index in [1.165, 1.54) is 0 Å². The predicted molar refractivity (Wildman–Crippen MR) is 39.6 cm³/mol. The third kappa shape index (κ3) is 11.4. The van der Waals surface area contributed by atoms with E-state index in [-0.39, 0.29) is 76.7 Å². The normalized spacial score (nSPS) is 9.00. The molecule has 0 saturated carbocycles. The Labute approximate surface area is 115 Å². The summed E-state index contributed by atoms with van der Waals surface area (Å²) in [7, 11) is 0. The van der Waals surface area contributed by atoms with E-state index in [0.717, 1.165) is 0 Å². The van der Waals surface area contributed by atoms with Crippen molar-refractivity contribution >= 4 is 0 Å². The van der Waals surface area contributed by atoms with Gasteiger partial charge in [0.2, 0.25) is 0 Å². The fourth-order valence-corrected chi connectivity index (χ4v) is 0.760. The van der Waals surface area contributed by atoms with Crippen LogP contribution in [0.15, 0.2) is 0 Å². The van der Waals surface area contributed by atoms with Gasteiger partial charge in [-0.15, -0.1) is 0 Å². The second-order valence-corrected chi connectivity index (χ2v) is 2.01. The van der Waals surface area contributed by atoms with Gasteiger partial charge < -0.3 is 20.8 Å². The standard InChI is InChI=1S/C6H15NO3.K.H2O/c8-4-1-7(2-5-9)3-6-10;;/h8-10H,1-6H2;;1H2/q;+1;/p-1. The number of nitrogens with zero attached hydrogens (tertiary/aromatic N) is 1. The fourth-order valence-electron chi connectivity index (χ4n) is 0.760. The zero-order valence-corrected chi connectivity index (χ0v) is 10.6. The molecule has 0 aromatic carbocycles. The molecule has 0 aliphatic rings. The van der Waals surface area contributed by atoms with Gasteiger partial charge in [-0.05, 0) is 0 Å². The number of hydrogen-bond acceptors (Lipinski definition) is 5. The van der Waals surface area contributed by atoms with E-state index in [9.17, 15) is 0 Å². The largest absolute Gasteiger partial charge is 1.00 e. The first-order valence-electron chi connectivity index (χ1n) is 3.40. The van der Waals surface area contributed by atoms with E-state index >= 15 is 0 Å². The summed E-state index contributed by atoms with van der Waals surface area (Å²) in [6.07, 6.45) is 0. The Morgan fingerprint density at radius 1 is 0.750 bits per heavy atom. The molecule has 6 heteroatoms. The summed E-state index contributed by atoms with van der Waals surface area (Å²) >= 11 is 0. The van der Waals surface area contributed by atoms with Gasteiger partial charge in [-0.2, -0.15) is 0 Å². The summed E-state index contributed by atoms with van der Waals surface area (Å²) in [5, 5.41) is 25.5. The Balaban J connectivity index is -0.000000405. The third-order valence-corrected chi connectivity index (χ3v) is 1.25. The van der Waals surface area contributed by atoms with Gasteiger partial charge >= 0.3 is 51.4 Å². The molecule has 4 N–H and O–H groups in total. The quantitative estimate of drug-likeness (QED) is 0.378. The van der Waals surface area contributed by atoms with Crippen molar-refractivity contribution in [1.29, 1.82) is 0 Å². The summed E-state index contributed by atoms with van der Waals surface area (Å²) < 4.78 is 0. The van der Waals surface area contributed by atoms with Crippen LogP contribution in [0.5, 0.6) is 0 Å². The van der Waals surface area contributed by atoms with Crippen molar-refractivity contribution in [1.82, 2.24) is 4.90 Å². The van der Waals surface area contributed by atoms with E-state index in [4.69, 9.17) is 15.3 Å². The van der Waals surface area contributed by atoms with Crippen molar-refractivity contribution in [3.63, 3.8) is 0 Å². The Morgan fingerprint density at radius 2 is 1.00 bits per heavy atom. The summed E-state index contributed by atoms with van der Waals surface area (Å²) in [6, 6.07) is 0. The summed E-state index contributed by atoms with van der Waals surface area (Å²) in [5.41, 5.74) is 0. The molecule has 0 atom stereocenters. The molecule has 0 aliphatic heterocycles. The first kappa shape index (κ1) is 19.1. The van der Waals surface area contributed by atoms with Gasteiger partial charge in [-0.1, -0.05) is 0 Å². The Morgan fingerprint density at radius 3 is 1.17 bits per heavy atom. The molecule has 0 unspecified atom stereocenters. The van der Waals surface area contributed by atoms with Gasteiger partial charge in [0.1, 0.15) is 0 Å². The predicted octanol–water partition coefficient (Wildman–Crippen LogP) is -4.91. The van der Waals surface area contributed by atoms with Crippen LogP contribution in [0.3, 0.4) is 0 Å². The average Bonchev–Trinajstić information content (AvgIpc) is 1.90. The van der Waals surface area contributed by atoms with E-state index in [1.54, 1.807) is 4.90 Å². The second kappa shape index (κ2) is 14.9. The van der Waals surface area contributed by atoms with Crippen molar-refractivity contribution in [3.05, 3.63) is 0 Å². The molecule has 0 spiro atoms. The van der Waals surface area contributed by atoms with Gasteiger partial charge in [0.15, 0.2) is 0 Å². The maximum atomic E-state index is 8.48. The van der Waals surface area contributed by atoms with Crippen molar-refractivity contribution in [2.45, 2.75) is 0 Å². The zero-order chi connectivity index (χ0) is 7.82. The molecule has 5 nitrogen and oxygen atoms in total. The Bertz CT molecular complexity index is 62.3. The van der Waals surface area contributed by atoms with Crippen LogP contribution in [0.2, 0.25) is 0 Å². The fraction of sp³-hybridized carbons (Fsp3) is 1.00. The van der Waals surface area contributed by atoms with Crippen LogP contribution in [0, 0.1) is 0 Å². The molecule has 0 aliphatic carbocycles. The maximum Gasteiger partial charge on any atom is 1.00 e. The SMILES string of the molecule is OCCN(CCO)CCO.[K+].[OH-]. The molecule has 0 amide bonds. The molecule has 0 saturated heterocycles. The topological polar surface area (TPSA) is 93.9 Å². The van der Waals surface area contributed by atoms with Crippen LogP contribution in [-0.2, 0) is 0 Å². The molecule has 12 heavy (non-hydrogen) atoms. The minimum Gasteiger partial charge on any atom is -0.870 e. The second-order valence-electron chi connectivity index (χ2n) is 2.01. The molecule has 0 aromatic rings. The smallest absolute Gasteiger partial charge is 0.870 e.